The van der Waals surface area contributed by atoms with Crippen LogP contribution in [-0.2, 0) is 6.18 Å². The number of nitrogens with one attached hydrogen (secondary N) is 1. The number of hydrogen-bond acceptors (Lipinski definition) is 1. The lowest BCUT2D eigenvalue weighted by atomic mass is 10.2. The molecule has 19 heavy (non-hydrogen) atoms. The fraction of sp³-hybridized carbons (Fsp3) is 0.462. The van der Waals surface area contributed by atoms with E-state index in [0.29, 0.717) is 12.2 Å². The van der Waals surface area contributed by atoms with Gasteiger partial charge in [0.2, 0.25) is 0 Å². The van der Waals surface area contributed by atoms with Crippen molar-refractivity contribution < 1.29 is 18.0 Å². The average molecular weight is 272 g/mol. The molecule has 1 aliphatic heterocycles. The number of rotatable bonds is 1. The number of urea groups is 1. The number of halogens is 3. The number of amides is 2. The van der Waals surface area contributed by atoms with Crippen LogP contribution >= 0.6 is 0 Å². The van der Waals surface area contributed by atoms with Gasteiger partial charge in [0.15, 0.2) is 0 Å². The maximum absolute atomic E-state index is 12.4. The van der Waals surface area contributed by atoms with Gasteiger partial charge in [-0.25, -0.2) is 4.79 Å². The number of nitrogens with zero attached hydrogens (tertiary/aromatic N) is 1. The molecule has 1 atom stereocenters. The van der Waals surface area contributed by atoms with Crippen molar-refractivity contribution in [1.82, 2.24) is 4.90 Å². The van der Waals surface area contributed by atoms with Crippen molar-refractivity contribution in [3.05, 3.63) is 29.8 Å². The lowest BCUT2D eigenvalue weighted by Crippen LogP contribution is -2.37. The first kappa shape index (κ1) is 13.7. The van der Waals surface area contributed by atoms with Crippen molar-refractivity contribution >= 4 is 11.7 Å². The van der Waals surface area contributed by atoms with Gasteiger partial charge >= 0.3 is 12.2 Å². The topological polar surface area (TPSA) is 32.3 Å². The zero-order valence-corrected chi connectivity index (χ0v) is 10.5. The lowest BCUT2D eigenvalue weighted by molar-refractivity contribution is -0.137. The van der Waals surface area contributed by atoms with E-state index in [4.69, 9.17) is 0 Å². The second-order valence-electron chi connectivity index (χ2n) is 4.69. The Labute approximate surface area is 109 Å². The van der Waals surface area contributed by atoms with Gasteiger partial charge in [0, 0.05) is 18.3 Å². The predicted molar refractivity (Wildman–Crippen MR) is 65.9 cm³/mol. The van der Waals surface area contributed by atoms with Crippen LogP contribution in [0.2, 0.25) is 0 Å². The van der Waals surface area contributed by atoms with Gasteiger partial charge in [-0.15, -0.1) is 0 Å². The van der Waals surface area contributed by atoms with Gasteiger partial charge in [0.1, 0.15) is 0 Å². The molecule has 1 aromatic rings. The Morgan fingerprint density at radius 2 is 1.95 bits per heavy atom. The number of likely N-dealkylation sites (tertiary alicyclic amines) is 1. The largest absolute Gasteiger partial charge is 0.416 e. The third-order valence-corrected chi connectivity index (χ3v) is 3.28. The molecule has 1 fully saturated rings. The molecular weight excluding hydrogens is 257 g/mol. The summed E-state index contributed by atoms with van der Waals surface area (Å²) >= 11 is 0. The second kappa shape index (κ2) is 5.11. The number of alkyl halides is 3. The zero-order valence-electron chi connectivity index (χ0n) is 10.5. The molecule has 1 unspecified atom stereocenters. The monoisotopic (exact) mass is 272 g/mol. The van der Waals surface area contributed by atoms with Crippen molar-refractivity contribution in [3.63, 3.8) is 0 Å². The third-order valence-electron chi connectivity index (χ3n) is 3.28. The van der Waals surface area contributed by atoms with E-state index < -0.39 is 11.7 Å². The molecule has 1 N–H and O–H groups in total. The molecule has 104 valence electrons. The molecule has 0 aliphatic carbocycles. The first-order valence-electron chi connectivity index (χ1n) is 6.13. The number of hydrogen-bond donors (Lipinski definition) is 1. The Morgan fingerprint density at radius 1 is 1.32 bits per heavy atom. The Hall–Kier alpha value is -1.72. The number of carbonyl (C=O) groups excluding carboxylic acids is 1. The first-order valence-corrected chi connectivity index (χ1v) is 6.13. The Morgan fingerprint density at radius 3 is 2.42 bits per heavy atom. The van der Waals surface area contributed by atoms with E-state index >= 15 is 0 Å². The maximum Gasteiger partial charge on any atom is 0.416 e. The molecule has 0 spiro atoms. The van der Waals surface area contributed by atoms with Gasteiger partial charge in [0.05, 0.1) is 5.56 Å². The number of anilines is 1. The van der Waals surface area contributed by atoms with Gasteiger partial charge < -0.3 is 10.2 Å². The highest BCUT2D eigenvalue weighted by atomic mass is 19.4. The molecule has 2 amide bonds. The van der Waals surface area contributed by atoms with Gasteiger partial charge in [0.25, 0.3) is 0 Å². The highest BCUT2D eigenvalue weighted by Crippen LogP contribution is 2.30. The molecule has 6 heteroatoms. The summed E-state index contributed by atoms with van der Waals surface area (Å²) in [7, 11) is 0. The number of carbonyl (C=O) groups is 1. The molecule has 0 aromatic heterocycles. The van der Waals surface area contributed by atoms with Gasteiger partial charge in [-0.3, -0.25) is 0 Å². The Kier molecular flexibility index (Phi) is 3.68. The molecule has 1 heterocycles. The summed E-state index contributed by atoms with van der Waals surface area (Å²) in [5.74, 6) is 0. The minimum atomic E-state index is -4.36. The zero-order chi connectivity index (χ0) is 14.0. The second-order valence-corrected chi connectivity index (χ2v) is 4.69. The van der Waals surface area contributed by atoms with Crippen LogP contribution < -0.4 is 5.32 Å². The average Bonchev–Trinajstić information content (AvgIpc) is 2.75. The molecule has 0 bridgehead atoms. The fourth-order valence-corrected chi connectivity index (χ4v) is 2.17. The van der Waals surface area contributed by atoms with Crippen molar-refractivity contribution in [2.24, 2.45) is 0 Å². The van der Waals surface area contributed by atoms with Crippen LogP contribution in [0.3, 0.4) is 0 Å². The van der Waals surface area contributed by atoms with Crippen LogP contribution in [0.15, 0.2) is 24.3 Å². The van der Waals surface area contributed by atoms with E-state index in [2.05, 4.69) is 5.32 Å². The molecule has 0 saturated carbocycles. The normalized spacial score (nSPS) is 19.6. The quantitative estimate of drug-likeness (QED) is 0.830. The first-order chi connectivity index (χ1) is 8.88. The smallest absolute Gasteiger partial charge is 0.322 e. The van der Waals surface area contributed by atoms with Gasteiger partial charge in [-0.1, -0.05) is 0 Å². The summed E-state index contributed by atoms with van der Waals surface area (Å²) in [6.07, 6.45) is -2.44. The SMILES string of the molecule is CC1CCCN1C(=O)Nc1ccc(C(F)(F)F)cc1. The van der Waals surface area contributed by atoms with E-state index in [0.717, 1.165) is 25.0 Å². The van der Waals surface area contributed by atoms with E-state index in [9.17, 15) is 18.0 Å². The van der Waals surface area contributed by atoms with Crippen molar-refractivity contribution in [1.29, 1.82) is 0 Å². The van der Waals surface area contributed by atoms with Crippen LogP contribution in [0.5, 0.6) is 0 Å². The highest BCUT2D eigenvalue weighted by molar-refractivity contribution is 5.89. The number of benzene rings is 1. The highest BCUT2D eigenvalue weighted by Gasteiger charge is 2.30. The van der Waals surface area contributed by atoms with Crippen molar-refractivity contribution in [2.75, 3.05) is 11.9 Å². The van der Waals surface area contributed by atoms with E-state index in [1.807, 2.05) is 6.92 Å². The predicted octanol–water partition coefficient (Wildman–Crippen LogP) is 3.72. The lowest BCUT2D eigenvalue weighted by Gasteiger charge is -2.21. The standard InChI is InChI=1S/C13H15F3N2O/c1-9-3-2-8-18(9)12(19)17-11-6-4-10(5-7-11)13(14,15)16/h4-7,9H,2-3,8H2,1H3,(H,17,19). The van der Waals surface area contributed by atoms with Crippen LogP contribution in [0.25, 0.3) is 0 Å². The summed E-state index contributed by atoms with van der Waals surface area (Å²) in [6, 6.07) is 4.37. The molecule has 1 aliphatic rings. The fourth-order valence-electron chi connectivity index (χ4n) is 2.17. The summed E-state index contributed by atoms with van der Waals surface area (Å²) in [4.78, 5) is 13.6. The van der Waals surface area contributed by atoms with E-state index in [1.54, 1.807) is 4.90 Å². The molecule has 3 nitrogen and oxygen atoms in total. The molecule has 1 aromatic carbocycles. The van der Waals surface area contributed by atoms with E-state index in [-0.39, 0.29) is 12.1 Å². The summed E-state index contributed by atoms with van der Waals surface area (Å²) in [5.41, 5.74) is -0.350. The van der Waals surface area contributed by atoms with Gasteiger partial charge in [-0.2, -0.15) is 13.2 Å². The van der Waals surface area contributed by atoms with E-state index in [1.165, 1.54) is 12.1 Å². The van der Waals surface area contributed by atoms with Crippen molar-refractivity contribution in [3.8, 4) is 0 Å². The van der Waals surface area contributed by atoms with Crippen molar-refractivity contribution in [2.45, 2.75) is 32.0 Å². The van der Waals surface area contributed by atoms with Crippen LogP contribution in [0, 0.1) is 0 Å². The minimum Gasteiger partial charge on any atom is -0.322 e. The maximum atomic E-state index is 12.4. The van der Waals surface area contributed by atoms with Crippen LogP contribution in [0.4, 0.5) is 23.7 Å². The third kappa shape index (κ3) is 3.19. The Bertz CT molecular complexity index is 456. The molecular formula is C13H15F3N2O. The molecule has 1 saturated heterocycles. The summed E-state index contributed by atoms with van der Waals surface area (Å²) < 4.78 is 37.2. The summed E-state index contributed by atoms with van der Waals surface area (Å²) in [5, 5.41) is 2.61. The molecule has 0 radical (unpaired) electrons. The summed E-state index contributed by atoms with van der Waals surface area (Å²) in [6.45, 7) is 2.65. The minimum absolute atomic E-state index is 0.175. The molecule has 2 rings (SSSR count). The van der Waals surface area contributed by atoms with Crippen LogP contribution in [-0.4, -0.2) is 23.5 Å². The van der Waals surface area contributed by atoms with Gasteiger partial charge in [-0.05, 0) is 44.0 Å². The Balaban J connectivity index is 2.02. The van der Waals surface area contributed by atoms with Crippen LogP contribution in [0.1, 0.15) is 25.3 Å².